The Balaban J connectivity index is 1.39. The third-order valence-electron chi connectivity index (χ3n) is 6.17. The molecule has 0 radical (unpaired) electrons. The van der Waals surface area contributed by atoms with Crippen molar-refractivity contribution in [2.45, 2.75) is 57.7 Å². The smallest absolute Gasteiger partial charge is 0.310 e. The first-order valence-electron chi connectivity index (χ1n) is 9.42. The van der Waals surface area contributed by atoms with Crippen LogP contribution in [-0.4, -0.2) is 57.9 Å². The molecule has 3 fully saturated rings. The lowest BCUT2D eigenvalue weighted by Crippen LogP contribution is -2.48. The Morgan fingerprint density at radius 1 is 1.16 bits per heavy atom. The van der Waals surface area contributed by atoms with Gasteiger partial charge in [-0.15, -0.1) is 0 Å². The van der Waals surface area contributed by atoms with Crippen LogP contribution in [0.3, 0.4) is 0 Å². The number of urea groups is 1. The minimum Gasteiger partial charge on any atom is -0.310 e. The molecule has 0 N–H and O–H groups in total. The summed E-state index contributed by atoms with van der Waals surface area (Å²) >= 11 is 0. The van der Waals surface area contributed by atoms with Gasteiger partial charge in [0.05, 0.1) is 0 Å². The molecule has 0 saturated carbocycles. The minimum atomic E-state index is -0.574. The number of imide groups is 1. The maximum Gasteiger partial charge on any atom is 0.327 e. The van der Waals surface area contributed by atoms with Crippen LogP contribution in [-0.2, 0) is 11.3 Å². The number of benzene rings is 1. The van der Waals surface area contributed by atoms with E-state index in [-0.39, 0.29) is 18.0 Å². The molecule has 5 heteroatoms. The summed E-state index contributed by atoms with van der Waals surface area (Å²) in [5.74, 6) is 0.0344. The molecular weight excluding hydrogens is 314 g/mol. The molecule has 1 aromatic carbocycles. The van der Waals surface area contributed by atoms with Crippen molar-refractivity contribution in [2.75, 3.05) is 19.6 Å². The number of amides is 3. The van der Waals surface area contributed by atoms with Crippen LogP contribution >= 0.6 is 0 Å². The lowest BCUT2D eigenvalue weighted by Gasteiger charge is -2.35. The van der Waals surface area contributed by atoms with E-state index in [1.54, 1.807) is 9.80 Å². The Morgan fingerprint density at radius 2 is 1.92 bits per heavy atom. The topological polar surface area (TPSA) is 43.9 Å². The molecule has 3 saturated heterocycles. The van der Waals surface area contributed by atoms with Gasteiger partial charge in [-0.05, 0) is 45.1 Å². The molecule has 4 rings (SSSR count). The molecule has 0 aliphatic carbocycles. The van der Waals surface area contributed by atoms with Gasteiger partial charge in [-0.2, -0.15) is 0 Å². The van der Waals surface area contributed by atoms with Gasteiger partial charge >= 0.3 is 6.03 Å². The van der Waals surface area contributed by atoms with Gasteiger partial charge in [0.1, 0.15) is 5.54 Å². The van der Waals surface area contributed by atoms with Crippen LogP contribution in [0.4, 0.5) is 4.79 Å². The molecule has 3 heterocycles. The van der Waals surface area contributed by atoms with Crippen molar-refractivity contribution in [3.8, 4) is 0 Å². The molecule has 5 nitrogen and oxygen atoms in total. The summed E-state index contributed by atoms with van der Waals surface area (Å²) in [4.78, 5) is 31.4. The number of carbonyl (C=O) groups excluding carboxylic acids is 2. The van der Waals surface area contributed by atoms with E-state index in [4.69, 9.17) is 0 Å². The molecular formula is C20H27N3O2. The highest BCUT2D eigenvalue weighted by atomic mass is 16.2. The van der Waals surface area contributed by atoms with Gasteiger partial charge in [-0.1, -0.05) is 29.8 Å². The average molecular weight is 341 g/mol. The van der Waals surface area contributed by atoms with Crippen molar-refractivity contribution >= 4 is 11.9 Å². The molecule has 1 aromatic rings. The fourth-order valence-corrected chi connectivity index (χ4v) is 4.69. The monoisotopic (exact) mass is 341 g/mol. The number of hydrogen-bond donors (Lipinski definition) is 0. The molecule has 0 aromatic heterocycles. The molecule has 3 aliphatic rings. The normalized spacial score (nSPS) is 28.1. The van der Waals surface area contributed by atoms with E-state index >= 15 is 0 Å². The minimum absolute atomic E-state index is 0.0344. The quantitative estimate of drug-likeness (QED) is 0.794. The first-order chi connectivity index (χ1) is 12.0. The average Bonchev–Trinajstić information content (AvgIpc) is 3.06. The number of hydrogen-bond acceptors (Lipinski definition) is 3. The van der Waals surface area contributed by atoms with Crippen molar-refractivity contribution in [1.29, 1.82) is 0 Å². The standard InChI is InChI=1S/C20H27N3O2/c1-15-5-3-6-16(13-15)14-21-11-7-17(8-12-21)23-18(24)20(2)9-4-10-22(20)19(23)25/h3,5-6,13,17H,4,7-12,14H2,1-2H3/t20-/m1/s1. The van der Waals surface area contributed by atoms with Crippen LogP contribution in [0.2, 0.25) is 0 Å². The second kappa shape index (κ2) is 6.13. The largest absolute Gasteiger partial charge is 0.327 e. The second-order valence-corrected chi connectivity index (χ2v) is 7.98. The fraction of sp³-hybridized carbons (Fsp3) is 0.600. The van der Waals surface area contributed by atoms with Gasteiger partial charge < -0.3 is 4.90 Å². The van der Waals surface area contributed by atoms with Gasteiger partial charge in [-0.25, -0.2) is 4.79 Å². The summed E-state index contributed by atoms with van der Waals surface area (Å²) in [6.07, 6.45) is 3.51. The summed E-state index contributed by atoms with van der Waals surface area (Å²) in [7, 11) is 0. The highest BCUT2D eigenvalue weighted by Gasteiger charge is 2.57. The summed E-state index contributed by atoms with van der Waals surface area (Å²) < 4.78 is 0. The predicted molar refractivity (Wildman–Crippen MR) is 96.1 cm³/mol. The zero-order valence-electron chi connectivity index (χ0n) is 15.2. The highest BCUT2D eigenvalue weighted by Crippen LogP contribution is 2.39. The van der Waals surface area contributed by atoms with E-state index in [2.05, 4.69) is 36.1 Å². The van der Waals surface area contributed by atoms with Crippen molar-refractivity contribution in [1.82, 2.24) is 14.7 Å². The number of nitrogens with zero attached hydrogens (tertiary/aromatic N) is 3. The van der Waals surface area contributed by atoms with E-state index in [1.807, 2.05) is 6.92 Å². The third kappa shape index (κ3) is 2.74. The van der Waals surface area contributed by atoms with Crippen molar-refractivity contribution < 1.29 is 9.59 Å². The first-order valence-corrected chi connectivity index (χ1v) is 9.42. The van der Waals surface area contributed by atoms with E-state index < -0.39 is 5.54 Å². The van der Waals surface area contributed by atoms with E-state index in [0.717, 1.165) is 51.9 Å². The first kappa shape index (κ1) is 16.6. The highest BCUT2D eigenvalue weighted by molar-refractivity contribution is 6.07. The van der Waals surface area contributed by atoms with E-state index in [0.29, 0.717) is 0 Å². The molecule has 0 spiro atoms. The Bertz CT molecular complexity index is 696. The maximum atomic E-state index is 12.9. The Morgan fingerprint density at radius 3 is 2.60 bits per heavy atom. The van der Waals surface area contributed by atoms with Crippen LogP contribution in [0.5, 0.6) is 0 Å². The lowest BCUT2D eigenvalue weighted by atomic mass is 9.97. The van der Waals surface area contributed by atoms with Crippen LogP contribution < -0.4 is 0 Å². The summed E-state index contributed by atoms with van der Waals surface area (Å²) in [6.45, 7) is 7.60. The summed E-state index contributed by atoms with van der Waals surface area (Å²) in [5.41, 5.74) is 2.05. The number of rotatable bonds is 3. The number of aryl methyl sites for hydroxylation is 1. The Labute approximate surface area is 149 Å². The van der Waals surface area contributed by atoms with Crippen LogP contribution in [0.15, 0.2) is 24.3 Å². The molecule has 134 valence electrons. The summed E-state index contributed by atoms with van der Waals surface area (Å²) in [6, 6.07) is 8.63. The van der Waals surface area contributed by atoms with Crippen LogP contribution in [0, 0.1) is 6.92 Å². The fourth-order valence-electron chi connectivity index (χ4n) is 4.69. The molecule has 0 bridgehead atoms. The number of carbonyl (C=O) groups is 2. The zero-order chi connectivity index (χ0) is 17.6. The van der Waals surface area contributed by atoms with E-state index in [1.165, 1.54) is 11.1 Å². The third-order valence-corrected chi connectivity index (χ3v) is 6.17. The maximum absolute atomic E-state index is 12.9. The van der Waals surface area contributed by atoms with Crippen molar-refractivity contribution in [3.63, 3.8) is 0 Å². The molecule has 25 heavy (non-hydrogen) atoms. The number of fused-ring (bicyclic) bond motifs is 1. The molecule has 3 aliphatic heterocycles. The molecule has 1 atom stereocenters. The van der Waals surface area contributed by atoms with E-state index in [9.17, 15) is 9.59 Å². The molecule has 0 unspecified atom stereocenters. The number of likely N-dealkylation sites (tertiary alicyclic amines) is 1. The number of piperidine rings is 1. The van der Waals surface area contributed by atoms with Crippen molar-refractivity contribution in [2.24, 2.45) is 0 Å². The van der Waals surface area contributed by atoms with Crippen LogP contribution in [0.25, 0.3) is 0 Å². The van der Waals surface area contributed by atoms with Crippen LogP contribution in [0.1, 0.15) is 43.7 Å². The summed E-state index contributed by atoms with van der Waals surface area (Å²) in [5, 5.41) is 0. The lowest BCUT2D eigenvalue weighted by molar-refractivity contribution is -0.134. The van der Waals surface area contributed by atoms with Gasteiger partial charge in [0.15, 0.2) is 0 Å². The van der Waals surface area contributed by atoms with Gasteiger partial charge in [0, 0.05) is 32.2 Å². The molecule has 3 amide bonds. The zero-order valence-corrected chi connectivity index (χ0v) is 15.2. The van der Waals surface area contributed by atoms with Gasteiger partial charge in [0.2, 0.25) is 0 Å². The Hall–Kier alpha value is -1.88. The second-order valence-electron chi connectivity index (χ2n) is 7.98. The van der Waals surface area contributed by atoms with Gasteiger partial charge in [-0.3, -0.25) is 14.6 Å². The Kier molecular flexibility index (Phi) is 4.07. The predicted octanol–water partition coefficient (Wildman–Crippen LogP) is 2.78. The SMILES string of the molecule is Cc1cccc(CN2CCC(N3C(=O)N4CCC[C@]4(C)C3=O)CC2)c1. The van der Waals surface area contributed by atoms with Crippen molar-refractivity contribution in [3.05, 3.63) is 35.4 Å². The van der Waals surface area contributed by atoms with Gasteiger partial charge in [0.25, 0.3) is 5.91 Å².